The smallest absolute Gasteiger partial charge is 0.252 e. The first-order valence-corrected chi connectivity index (χ1v) is 7.79. The molecule has 1 aromatic carbocycles. The van der Waals surface area contributed by atoms with Crippen LogP contribution in [-0.2, 0) is 16.8 Å². The van der Waals surface area contributed by atoms with Crippen LogP contribution in [0.2, 0.25) is 0 Å². The lowest BCUT2D eigenvalue weighted by molar-refractivity contribution is -0.122. The molecule has 0 bridgehead atoms. The van der Waals surface area contributed by atoms with Crippen LogP contribution in [-0.4, -0.2) is 20.9 Å². The molecule has 1 amide bonds. The first-order chi connectivity index (χ1) is 11.3. The minimum absolute atomic E-state index is 0.0172. The molecule has 24 heavy (non-hydrogen) atoms. The molecule has 0 radical (unpaired) electrons. The third-order valence-electron chi connectivity index (χ3n) is 3.93. The fourth-order valence-corrected chi connectivity index (χ4v) is 2.68. The predicted molar refractivity (Wildman–Crippen MR) is 92.8 cm³/mol. The van der Waals surface area contributed by atoms with Gasteiger partial charge in [-0.3, -0.25) is 9.59 Å². The average molecular weight is 324 g/mol. The molecule has 0 atom stereocenters. The van der Waals surface area contributed by atoms with E-state index in [9.17, 15) is 9.59 Å². The Bertz CT molecular complexity index is 953. The lowest BCUT2D eigenvalue weighted by atomic mass is 10.0. The summed E-state index contributed by atoms with van der Waals surface area (Å²) in [6.45, 7) is 5.64. The van der Waals surface area contributed by atoms with Gasteiger partial charge in [-0.05, 0) is 38.3 Å². The monoisotopic (exact) mass is 324 g/mol. The minimum atomic E-state index is -0.644. The number of aryl methyl sites for hydroxylation is 1. The second-order valence-corrected chi connectivity index (χ2v) is 6.48. The highest BCUT2D eigenvalue weighted by molar-refractivity contribution is 5.83. The van der Waals surface area contributed by atoms with Crippen LogP contribution in [0.4, 0.5) is 0 Å². The summed E-state index contributed by atoms with van der Waals surface area (Å²) in [4.78, 5) is 34.7. The number of pyridine rings is 1. The van der Waals surface area contributed by atoms with Crippen LogP contribution in [0, 0.1) is 6.92 Å². The van der Waals surface area contributed by atoms with Crippen LogP contribution in [0.1, 0.15) is 30.9 Å². The Kier molecular flexibility index (Phi) is 3.97. The van der Waals surface area contributed by atoms with E-state index in [1.807, 2.05) is 45.0 Å². The van der Waals surface area contributed by atoms with Gasteiger partial charge >= 0.3 is 0 Å². The summed E-state index contributed by atoms with van der Waals surface area (Å²) in [7, 11) is 0. The SMILES string of the molecule is Cc1cnc(C(C)(C)NC(=O)Cc2cc3ccccc3[nH]c2=O)[nH]1. The molecule has 0 aliphatic heterocycles. The van der Waals surface area contributed by atoms with Crippen LogP contribution in [0.5, 0.6) is 0 Å². The number of benzene rings is 1. The first kappa shape index (κ1) is 16.0. The maximum atomic E-state index is 12.4. The summed E-state index contributed by atoms with van der Waals surface area (Å²) in [5.74, 6) is 0.454. The molecule has 6 nitrogen and oxygen atoms in total. The summed E-state index contributed by atoms with van der Waals surface area (Å²) in [5.41, 5.74) is 1.25. The van der Waals surface area contributed by atoms with E-state index < -0.39 is 5.54 Å². The Morgan fingerprint density at radius 1 is 1.25 bits per heavy atom. The number of amides is 1. The molecule has 0 saturated carbocycles. The zero-order chi connectivity index (χ0) is 17.3. The Morgan fingerprint density at radius 3 is 2.71 bits per heavy atom. The van der Waals surface area contributed by atoms with Crippen molar-refractivity contribution in [3.63, 3.8) is 0 Å². The number of H-pyrrole nitrogens is 2. The zero-order valence-corrected chi connectivity index (χ0v) is 13.9. The standard InChI is InChI=1S/C18H20N4O2/c1-11-10-19-17(20-11)18(2,3)22-15(23)9-13-8-12-6-4-5-7-14(12)21-16(13)24/h4-8,10H,9H2,1-3H3,(H,19,20)(H,21,24)(H,22,23). The maximum Gasteiger partial charge on any atom is 0.252 e. The largest absolute Gasteiger partial charge is 0.344 e. The molecule has 0 unspecified atom stereocenters. The highest BCUT2D eigenvalue weighted by Crippen LogP contribution is 2.17. The molecule has 0 saturated heterocycles. The molecule has 6 heteroatoms. The van der Waals surface area contributed by atoms with E-state index in [1.54, 1.807) is 12.3 Å². The summed E-state index contributed by atoms with van der Waals surface area (Å²) < 4.78 is 0. The molecule has 124 valence electrons. The van der Waals surface area contributed by atoms with Crippen LogP contribution in [0.3, 0.4) is 0 Å². The number of fused-ring (bicyclic) bond motifs is 1. The van der Waals surface area contributed by atoms with Crippen LogP contribution < -0.4 is 10.9 Å². The van der Waals surface area contributed by atoms with E-state index in [-0.39, 0.29) is 17.9 Å². The van der Waals surface area contributed by atoms with Gasteiger partial charge in [0, 0.05) is 23.0 Å². The van der Waals surface area contributed by atoms with Crippen molar-refractivity contribution in [2.75, 3.05) is 0 Å². The number of nitrogens with one attached hydrogen (secondary N) is 3. The molecule has 0 spiro atoms. The van der Waals surface area contributed by atoms with Crippen molar-refractivity contribution in [2.24, 2.45) is 0 Å². The summed E-state index contributed by atoms with van der Waals surface area (Å²) in [6, 6.07) is 9.26. The fraction of sp³-hybridized carbons (Fsp3) is 0.278. The number of carbonyl (C=O) groups excluding carboxylic acids is 1. The van der Waals surface area contributed by atoms with E-state index in [1.165, 1.54) is 0 Å². The fourth-order valence-electron chi connectivity index (χ4n) is 2.68. The Labute approximate surface area is 139 Å². The zero-order valence-electron chi connectivity index (χ0n) is 13.9. The van der Waals surface area contributed by atoms with Gasteiger partial charge in [0.05, 0.1) is 12.0 Å². The highest BCUT2D eigenvalue weighted by Gasteiger charge is 2.26. The van der Waals surface area contributed by atoms with E-state index in [4.69, 9.17) is 0 Å². The third kappa shape index (κ3) is 3.22. The number of imidazole rings is 1. The van der Waals surface area contributed by atoms with Crippen LogP contribution in [0.25, 0.3) is 10.9 Å². The number of rotatable bonds is 4. The highest BCUT2D eigenvalue weighted by atomic mass is 16.2. The van der Waals surface area contributed by atoms with Gasteiger partial charge in [0.2, 0.25) is 5.91 Å². The van der Waals surface area contributed by atoms with Crippen molar-refractivity contribution < 1.29 is 4.79 Å². The van der Waals surface area contributed by atoms with Gasteiger partial charge in [0.15, 0.2) is 0 Å². The predicted octanol–water partition coefficient (Wildman–Crippen LogP) is 2.15. The van der Waals surface area contributed by atoms with Gasteiger partial charge in [-0.25, -0.2) is 4.98 Å². The van der Waals surface area contributed by atoms with Crippen molar-refractivity contribution in [1.82, 2.24) is 20.3 Å². The van der Waals surface area contributed by atoms with Crippen molar-refractivity contribution in [2.45, 2.75) is 32.7 Å². The van der Waals surface area contributed by atoms with E-state index >= 15 is 0 Å². The van der Waals surface area contributed by atoms with Gasteiger partial charge in [-0.15, -0.1) is 0 Å². The number of aromatic nitrogens is 3. The third-order valence-corrected chi connectivity index (χ3v) is 3.93. The summed E-state index contributed by atoms with van der Waals surface area (Å²) >= 11 is 0. The van der Waals surface area contributed by atoms with Gasteiger partial charge in [0.1, 0.15) is 5.82 Å². The second-order valence-electron chi connectivity index (χ2n) is 6.48. The molecule has 0 aliphatic rings. The number of carbonyl (C=O) groups is 1. The molecule has 2 heterocycles. The molecule has 3 aromatic rings. The molecule has 3 rings (SSSR count). The topological polar surface area (TPSA) is 90.6 Å². The molecule has 0 aliphatic carbocycles. The second kappa shape index (κ2) is 5.96. The van der Waals surface area contributed by atoms with Crippen LogP contribution >= 0.6 is 0 Å². The summed E-state index contributed by atoms with van der Waals surface area (Å²) in [5, 5.41) is 3.83. The van der Waals surface area contributed by atoms with Crippen molar-refractivity contribution in [3.8, 4) is 0 Å². The molecule has 3 N–H and O–H groups in total. The minimum Gasteiger partial charge on any atom is -0.344 e. The number of aromatic amines is 2. The quantitative estimate of drug-likeness (QED) is 0.687. The normalized spacial score (nSPS) is 11.6. The Balaban J connectivity index is 1.80. The number of para-hydroxylation sites is 1. The van der Waals surface area contributed by atoms with E-state index in [2.05, 4.69) is 20.3 Å². The van der Waals surface area contributed by atoms with E-state index in [0.29, 0.717) is 11.4 Å². The number of nitrogens with zero attached hydrogens (tertiary/aromatic N) is 1. The van der Waals surface area contributed by atoms with Gasteiger partial charge in [-0.2, -0.15) is 0 Å². The Hall–Kier alpha value is -2.89. The summed E-state index contributed by atoms with van der Waals surface area (Å²) in [6.07, 6.45) is 1.74. The molecule has 2 aromatic heterocycles. The first-order valence-electron chi connectivity index (χ1n) is 7.79. The molecular weight excluding hydrogens is 304 g/mol. The van der Waals surface area contributed by atoms with Crippen molar-refractivity contribution in [3.05, 3.63) is 64.0 Å². The van der Waals surface area contributed by atoms with Gasteiger partial charge in [-0.1, -0.05) is 18.2 Å². The lowest BCUT2D eigenvalue weighted by Gasteiger charge is -2.24. The van der Waals surface area contributed by atoms with Gasteiger partial charge in [0.25, 0.3) is 5.56 Å². The van der Waals surface area contributed by atoms with Crippen LogP contribution in [0.15, 0.2) is 41.3 Å². The lowest BCUT2D eigenvalue weighted by Crippen LogP contribution is -2.43. The molecular formula is C18H20N4O2. The van der Waals surface area contributed by atoms with Crippen molar-refractivity contribution in [1.29, 1.82) is 0 Å². The maximum absolute atomic E-state index is 12.4. The van der Waals surface area contributed by atoms with Gasteiger partial charge < -0.3 is 15.3 Å². The van der Waals surface area contributed by atoms with Crippen molar-refractivity contribution >= 4 is 16.8 Å². The van der Waals surface area contributed by atoms with E-state index in [0.717, 1.165) is 16.6 Å². The number of hydrogen-bond donors (Lipinski definition) is 3. The Morgan fingerprint density at radius 2 is 2.00 bits per heavy atom. The molecule has 0 fully saturated rings. The number of hydrogen-bond acceptors (Lipinski definition) is 3. The average Bonchev–Trinajstić information content (AvgIpc) is 2.95.